The Morgan fingerprint density at radius 2 is 1.66 bits per heavy atom. The number of aromatic nitrogens is 1. The van der Waals surface area contributed by atoms with Gasteiger partial charge in [0.15, 0.2) is 11.5 Å². The highest BCUT2D eigenvalue weighted by Crippen LogP contribution is 2.31. The summed E-state index contributed by atoms with van der Waals surface area (Å²) in [6.07, 6.45) is 0. The van der Waals surface area contributed by atoms with Gasteiger partial charge in [-0.25, -0.2) is 4.98 Å². The third-order valence-corrected chi connectivity index (χ3v) is 8.55. The van der Waals surface area contributed by atoms with Crippen molar-refractivity contribution >= 4 is 44.7 Å². The Labute approximate surface area is 243 Å². The highest BCUT2D eigenvalue weighted by molar-refractivity contribution is 7.20. The number of carbonyl (C=O) groups is 2. The van der Waals surface area contributed by atoms with Crippen LogP contribution in [0.4, 0.5) is 11.4 Å². The molecule has 10 heteroatoms. The first kappa shape index (κ1) is 27.2. The van der Waals surface area contributed by atoms with E-state index in [0.29, 0.717) is 46.5 Å². The van der Waals surface area contributed by atoms with Gasteiger partial charge in [-0.15, -0.1) is 11.3 Å². The molecule has 0 spiro atoms. The molecule has 0 aliphatic carbocycles. The number of ether oxygens (including phenoxy) is 2. The standard InChI is InChI=1S/C31H33N5O4S/c1-3-35-10-12-36(13-11-35)19-24-8-5-22-17-28(41-31(22)33-24)30(38)34-25-18-23(7-4-20(25)2)32-29(37)21-6-9-26-27(16-21)40-15-14-39-26/h4-9,16-18H,3,10-15,19H2,1-2H3,(H,32,37)(H,34,38). The van der Waals surface area contributed by atoms with E-state index in [2.05, 4.69) is 33.4 Å². The lowest BCUT2D eigenvalue weighted by atomic mass is 10.1. The minimum absolute atomic E-state index is 0.205. The number of piperazine rings is 1. The number of nitrogens with zero attached hydrogens (tertiary/aromatic N) is 3. The summed E-state index contributed by atoms with van der Waals surface area (Å²) in [7, 11) is 0. The zero-order valence-electron chi connectivity index (χ0n) is 23.2. The smallest absolute Gasteiger partial charge is 0.265 e. The molecule has 2 aliphatic rings. The zero-order valence-corrected chi connectivity index (χ0v) is 24.1. The van der Waals surface area contributed by atoms with Crippen LogP contribution in [0.5, 0.6) is 11.5 Å². The second-order valence-corrected chi connectivity index (χ2v) is 11.3. The van der Waals surface area contributed by atoms with Crippen LogP contribution in [0.25, 0.3) is 10.2 Å². The van der Waals surface area contributed by atoms with Crippen LogP contribution in [0.1, 0.15) is 38.2 Å². The summed E-state index contributed by atoms with van der Waals surface area (Å²) in [6, 6.07) is 16.6. The molecule has 0 bridgehead atoms. The number of rotatable bonds is 7. The lowest BCUT2D eigenvalue weighted by Crippen LogP contribution is -2.45. The van der Waals surface area contributed by atoms with E-state index in [-0.39, 0.29) is 11.8 Å². The summed E-state index contributed by atoms with van der Waals surface area (Å²) in [5.41, 5.74) is 3.58. The van der Waals surface area contributed by atoms with Gasteiger partial charge >= 0.3 is 0 Å². The molecule has 2 amide bonds. The normalized spacial score (nSPS) is 15.6. The van der Waals surface area contributed by atoms with E-state index in [4.69, 9.17) is 14.5 Å². The molecule has 4 heterocycles. The van der Waals surface area contributed by atoms with E-state index in [9.17, 15) is 9.59 Å². The second kappa shape index (κ2) is 11.9. The Kier molecular flexibility index (Phi) is 7.86. The molecular weight excluding hydrogens is 538 g/mol. The number of aryl methyl sites for hydroxylation is 1. The Hall–Kier alpha value is -3.99. The Morgan fingerprint density at radius 1 is 0.878 bits per heavy atom. The molecule has 9 nitrogen and oxygen atoms in total. The number of carbonyl (C=O) groups excluding carboxylic acids is 2. The van der Waals surface area contributed by atoms with Gasteiger partial charge in [-0.05, 0) is 61.5 Å². The molecule has 2 N–H and O–H groups in total. The molecule has 4 aromatic rings. The van der Waals surface area contributed by atoms with E-state index in [0.717, 1.165) is 60.7 Å². The van der Waals surface area contributed by atoms with E-state index >= 15 is 0 Å². The molecular formula is C31H33N5O4S. The number of fused-ring (bicyclic) bond motifs is 2. The van der Waals surface area contributed by atoms with Gasteiger partial charge in [-0.1, -0.05) is 19.1 Å². The van der Waals surface area contributed by atoms with Crippen molar-refractivity contribution in [2.24, 2.45) is 0 Å². The molecule has 212 valence electrons. The summed E-state index contributed by atoms with van der Waals surface area (Å²) < 4.78 is 11.1. The van der Waals surface area contributed by atoms with Gasteiger partial charge in [0.25, 0.3) is 11.8 Å². The summed E-state index contributed by atoms with van der Waals surface area (Å²) in [5.74, 6) is 0.706. The number of amides is 2. The van der Waals surface area contributed by atoms with Crippen molar-refractivity contribution in [3.8, 4) is 11.5 Å². The van der Waals surface area contributed by atoms with Crippen molar-refractivity contribution in [1.82, 2.24) is 14.8 Å². The van der Waals surface area contributed by atoms with Crippen LogP contribution in [-0.2, 0) is 6.54 Å². The first-order valence-corrected chi connectivity index (χ1v) is 14.7. The van der Waals surface area contributed by atoms with Crippen LogP contribution >= 0.6 is 11.3 Å². The monoisotopic (exact) mass is 571 g/mol. The maximum atomic E-state index is 13.2. The highest BCUT2D eigenvalue weighted by Gasteiger charge is 2.19. The van der Waals surface area contributed by atoms with Crippen molar-refractivity contribution in [2.45, 2.75) is 20.4 Å². The molecule has 41 heavy (non-hydrogen) atoms. The molecule has 0 saturated carbocycles. The number of anilines is 2. The number of pyridine rings is 1. The molecule has 0 radical (unpaired) electrons. The van der Waals surface area contributed by atoms with Crippen molar-refractivity contribution < 1.29 is 19.1 Å². The Morgan fingerprint density at radius 3 is 2.46 bits per heavy atom. The van der Waals surface area contributed by atoms with Crippen LogP contribution in [0.3, 0.4) is 0 Å². The van der Waals surface area contributed by atoms with Gasteiger partial charge in [0.05, 0.1) is 10.6 Å². The van der Waals surface area contributed by atoms with Gasteiger partial charge in [0.2, 0.25) is 0 Å². The van der Waals surface area contributed by atoms with Gasteiger partial charge in [0, 0.05) is 55.0 Å². The minimum Gasteiger partial charge on any atom is -0.486 e. The molecule has 6 rings (SSSR count). The predicted molar refractivity (Wildman–Crippen MR) is 162 cm³/mol. The molecule has 2 aromatic carbocycles. The fraction of sp³-hybridized carbons (Fsp3) is 0.323. The maximum Gasteiger partial charge on any atom is 0.265 e. The Balaban J connectivity index is 1.12. The van der Waals surface area contributed by atoms with Gasteiger partial charge in [0.1, 0.15) is 18.0 Å². The number of benzene rings is 2. The quantitative estimate of drug-likeness (QED) is 0.322. The van der Waals surface area contributed by atoms with Crippen LogP contribution in [0, 0.1) is 6.92 Å². The van der Waals surface area contributed by atoms with Crippen molar-refractivity contribution in [2.75, 3.05) is 56.6 Å². The lowest BCUT2D eigenvalue weighted by molar-refractivity contribution is 0.102. The van der Waals surface area contributed by atoms with Gasteiger partial charge in [-0.3, -0.25) is 14.5 Å². The summed E-state index contributed by atoms with van der Waals surface area (Å²) in [6.45, 7) is 11.2. The molecule has 0 atom stereocenters. The van der Waals surface area contributed by atoms with E-state index < -0.39 is 0 Å². The first-order valence-electron chi connectivity index (χ1n) is 13.9. The van der Waals surface area contributed by atoms with E-state index in [1.165, 1.54) is 11.3 Å². The number of nitrogens with one attached hydrogen (secondary N) is 2. The number of likely N-dealkylation sites (N-methyl/N-ethyl adjacent to an activating group) is 1. The van der Waals surface area contributed by atoms with Crippen LogP contribution in [-0.4, -0.2) is 72.5 Å². The van der Waals surface area contributed by atoms with E-state index in [1.54, 1.807) is 24.3 Å². The lowest BCUT2D eigenvalue weighted by Gasteiger charge is -2.33. The van der Waals surface area contributed by atoms with Crippen LogP contribution in [0.15, 0.2) is 54.6 Å². The molecule has 2 aromatic heterocycles. The van der Waals surface area contributed by atoms with Gasteiger partial charge in [-0.2, -0.15) is 0 Å². The zero-order chi connectivity index (χ0) is 28.3. The molecule has 1 fully saturated rings. The highest BCUT2D eigenvalue weighted by atomic mass is 32.1. The van der Waals surface area contributed by atoms with Crippen LogP contribution in [0.2, 0.25) is 0 Å². The average Bonchev–Trinajstić information content (AvgIpc) is 3.43. The third-order valence-electron chi connectivity index (χ3n) is 7.51. The minimum atomic E-state index is -0.276. The van der Waals surface area contributed by atoms with Crippen molar-refractivity contribution in [3.05, 3.63) is 76.3 Å². The SMILES string of the molecule is CCN1CCN(Cc2ccc3cc(C(=O)Nc4cc(NC(=O)c5ccc6c(c5)OCCO6)ccc4C)sc3n2)CC1. The molecule has 1 saturated heterocycles. The summed E-state index contributed by atoms with van der Waals surface area (Å²) >= 11 is 1.39. The maximum absolute atomic E-state index is 13.2. The first-order chi connectivity index (χ1) is 19.9. The molecule has 0 unspecified atom stereocenters. The van der Waals surface area contributed by atoms with Crippen LogP contribution < -0.4 is 20.1 Å². The Bertz CT molecular complexity index is 1590. The summed E-state index contributed by atoms with van der Waals surface area (Å²) in [5, 5.41) is 6.88. The van der Waals surface area contributed by atoms with Crippen molar-refractivity contribution in [3.63, 3.8) is 0 Å². The fourth-order valence-corrected chi connectivity index (χ4v) is 6.00. The summed E-state index contributed by atoms with van der Waals surface area (Å²) in [4.78, 5) is 37.4. The predicted octanol–water partition coefficient (Wildman–Crippen LogP) is 5.02. The van der Waals surface area contributed by atoms with E-state index in [1.807, 2.05) is 31.2 Å². The second-order valence-electron chi connectivity index (χ2n) is 10.3. The fourth-order valence-electron chi connectivity index (χ4n) is 5.05. The van der Waals surface area contributed by atoms with Crippen molar-refractivity contribution in [1.29, 1.82) is 0 Å². The average molecular weight is 572 g/mol. The van der Waals surface area contributed by atoms with Gasteiger partial charge < -0.3 is 25.0 Å². The number of hydrogen-bond acceptors (Lipinski definition) is 8. The largest absolute Gasteiger partial charge is 0.486 e. The third kappa shape index (κ3) is 6.19. The number of thiophene rings is 1. The topological polar surface area (TPSA) is 96.0 Å². The molecule has 2 aliphatic heterocycles. The number of hydrogen-bond donors (Lipinski definition) is 2.